The number of amides is 2. The second-order valence-corrected chi connectivity index (χ2v) is 4.03. The lowest BCUT2D eigenvalue weighted by Crippen LogP contribution is -2.28. The molecule has 1 aromatic rings. The van der Waals surface area contributed by atoms with Gasteiger partial charge in [-0.05, 0) is 23.8 Å². The first-order chi connectivity index (χ1) is 9.82. The van der Waals surface area contributed by atoms with E-state index in [2.05, 4.69) is 5.32 Å². The van der Waals surface area contributed by atoms with Crippen LogP contribution in [0.3, 0.4) is 0 Å². The zero-order valence-electron chi connectivity index (χ0n) is 10.8. The Bertz CT molecular complexity index is 524. The molecule has 0 saturated carbocycles. The molecule has 0 spiro atoms. The van der Waals surface area contributed by atoms with Crippen LogP contribution < -0.4 is 10.8 Å². The number of hydroxylamine groups is 1. The SMILES string of the molecule is O=C(/C=C\c1ccc(C(F)(F)F)cc1)NCCC(=O)NO. The van der Waals surface area contributed by atoms with Gasteiger partial charge in [0, 0.05) is 19.0 Å². The Labute approximate surface area is 118 Å². The number of alkyl halides is 3. The third-order valence-electron chi connectivity index (χ3n) is 2.44. The maximum atomic E-state index is 12.3. The van der Waals surface area contributed by atoms with Crippen molar-refractivity contribution in [2.75, 3.05) is 6.54 Å². The fraction of sp³-hybridized carbons (Fsp3) is 0.231. The molecule has 5 nitrogen and oxygen atoms in total. The van der Waals surface area contributed by atoms with Gasteiger partial charge in [0.05, 0.1) is 5.56 Å². The van der Waals surface area contributed by atoms with Crippen molar-refractivity contribution in [2.24, 2.45) is 0 Å². The number of rotatable bonds is 5. The minimum atomic E-state index is -4.40. The molecule has 21 heavy (non-hydrogen) atoms. The molecule has 0 heterocycles. The number of carbonyl (C=O) groups excluding carboxylic acids is 2. The molecule has 0 aliphatic carbocycles. The van der Waals surface area contributed by atoms with Crippen molar-refractivity contribution >= 4 is 17.9 Å². The summed E-state index contributed by atoms with van der Waals surface area (Å²) in [5.41, 5.74) is 1.09. The van der Waals surface area contributed by atoms with Gasteiger partial charge in [-0.25, -0.2) is 5.48 Å². The minimum Gasteiger partial charge on any atom is -0.352 e. The maximum Gasteiger partial charge on any atom is 0.416 e. The quantitative estimate of drug-likeness (QED) is 0.440. The summed E-state index contributed by atoms with van der Waals surface area (Å²) in [7, 11) is 0. The summed E-state index contributed by atoms with van der Waals surface area (Å²) >= 11 is 0. The van der Waals surface area contributed by atoms with Gasteiger partial charge in [-0.15, -0.1) is 0 Å². The molecule has 0 radical (unpaired) electrons. The lowest BCUT2D eigenvalue weighted by atomic mass is 10.1. The van der Waals surface area contributed by atoms with Gasteiger partial charge in [-0.1, -0.05) is 12.1 Å². The van der Waals surface area contributed by atoms with Gasteiger partial charge < -0.3 is 5.32 Å². The summed E-state index contributed by atoms with van der Waals surface area (Å²) in [5.74, 6) is -1.14. The highest BCUT2D eigenvalue weighted by Crippen LogP contribution is 2.29. The zero-order valence-corrected chi connectivity index (χ0v) is 10.8. The lowest BCUT2D eigenvalue weighted by Gasteiger charge is -2.05. The van der Waals surface area contributed by atoms with E-state index in [1.54, 1.807) is 0 Å². The molecule has 0 aliphatic heterocycles. The lowest BCUT2D eigenvalue weighted by molar-refractivity contribution is -0.137. The zero-order chi connectivity index (χ0) is 15.9. The van der Waals surface area contributed by atoms with Crippen LogP contribution in [0, 0.1) is 0 Å². The fourth-order valence-corrected chi connectivity index (χ4v) is 1.37. The first-order valence-electron chi connectivity index (χ1n) is 5.89. The standard InChI is InChI=1S/C13H13F3N2O3/c14-13(15,16)10-4-1-9(2-5-10)3-6-11(19)17-8-7-12(20)18-21/h1-6,21H,7-8H2,(H,17,19)(H,18,20)/b6-3-. The van der Waals surface area contributed by atoms with E-state index in [0.717, 1.165) is 18.2 Å². The van der Waals surface area contributed by atoms with E-state index in [-0.39, 0.29) is 13.0 Å². The summed E-state index contributed by atoms with van der Waals surface area (Å²) < 4.78 is 37.0. The van der Waals surface area contributed by atoms with Crippen molar-refractivity contribution in [3.05, 3.63) is 41.5 Å². The van der Waals surface area contributed by atoms with Gasteiger partial charge in [-0.3, -0.25) is 14.8 Å². The Hall–Kier alpha value is -2.35. The van der Waals surface area contributed by atoms with Crippen LogP contribution >= 0.6 is 0 Å². The predicted octanol–water partition coefficient (Wildman–Crippen LogP) is 1.73. The van der Waals surface area contributed by atoms with Crippen molar-refractivity contribution in [1.82, 2.24) is 10.8 Å². The molecule has 0 bridgehead atoms. The predicted molar refractivity (Wildman–Crippen MR) is 68.0 cm³/mol. The number of carbonyl (C=O) groups is 2. The topological polar surface area (TPSA) is 78.4 Å². The van der Waals surface area contributed by atoms with E-state index in [1.807, 2.05) is 0 Å². The number of hydrogen-bond donors (Lipinski definition) is 3. The largest absolute Gasteiger partial charge is 0.416 e. The molecule has 2 amide bonds. The van der Waals surface area contributed by atoms with Gasteiger partial charge in [0.25, 0.3) is 0 Å². The Morgan fingerprint density at radius 3 is 2.33 bits per heavy atom. The molecule has 0 unspecified atom stereocenters. The second kappa shape index (κ2) is 7.44. The molecule has 8 heteroatoms. The summed E-state index contributed by atoms with van der Waals surface area (Å²) in [4.78, 5) is 22.0. The van der Waals surface area contributed by atoms with E-state index in [4.69, 9.17) is 5.21 Å². The van der Waals surface area contributed by atoms with Crippen LogP contribution in [0.1, 0.15) is 17.5 Å². The number of hydrogen-bond acceptors (Lipinski definition) is 3. The van der Waals surface area contributed by atoms with Crippen LogP contribution in [0.2, 0.25) is 0 Å². The van der Waals surface area contributed by atoms with E-state index in [1.165, 1.54) is 23.7 Å². The number of halogens is 3. The fourth-order valence-electron chi connectivity index (χ4n) is 1.37. The van der Waals surface area contributed by atoms with Gasteiger partial charge >= 0.3 is 6.18 Å². The van der Waals surface area contributed by atoms with E-state index in [0.29, 0.717) is 5.56 Å². The van der Waals surface area contributed by atoms with E-state index < -0.39 is 23.6 Å². The molecule has 0 fully saturated rings. The smallest absolute Gasteiger partial charge is 0.352 e. The van der Waals surface area contributed by atoms with Gasteiger partial charge in [0.1, 0.15) is 0 Å². The monoisotopic (exact) mass is 302 g/mol. The molecule has 1 aromatic carbocycles. The van der Waals surface area contributed by atoms with Gasteiger partial charge in [0.2, 0.25) is 11.8 Å². The molecule has 114 valence electrons. The van der Waals surface area contributed by atoms with Crippen LogP contribution in [-0.4, -0.2) is 23.6 Å². The average Bonchev–Trinajstić information content (AvgIpc) is 2.44. The van der Waals surface area contributed by atoms with Crippen molar-refractivity contribution < 1.29 is 28.0 Å². The van der Waals surface area contributed by atoms with Gasteiger partial charge in [-0.2, -0.15) is 13.2 Å². The first kappa shape index (κ1) is 16.7. The summed E-state index contributed by atoms with van der Waals surface area (Å²) in [6.07, 6.45) is -2.00. The van der Waals surface area contributed by atoms with Crippen LogP contribution in [0.4, 0.5) is 13.2 Å². The Morgan fingerprint density at radius 1 is 1.19 bits per heavy atom. The normalized spacial score (nSPS) is 11.4. The molecular weight excluding hydrogens is 289 g/mol. The molecule has 0 atom stereocenters. The molecular formula is C13H13F3N2O3. The van der Waals surface area contributed by atoms with Gasteiger partial charge in [0.15, 0.2) is 0 Å². The average molecular weight is 302 g/mol. The molecule has 0 aromatic heterocycles. The Morgan fingerprint density at radius 2 is 1.81 bits per heavy atom. The third-order valence-corrected chi connectivity index (χ3v) is 2.44. The first-order valence-corrected chi connectivity index (χ1v) is 5.89. The summed E-state index contributed by atoms with van der Waals surface area (Å²) in [5, 5.41) is 10.6. The molecule has 0 aliphatic rings. The molecule has 0 saturated heterocycles. The second-order valence-electron chi connectivity index (χ2n) is 4.03. The van der Waals surface area contributed by atoms with E-state index in [9.17, 15) is 22.8 Å². The Kier molecular flexibility index (Phi) is 5.92. The van der Waals surface area contributed by atoms with Crippen molar-refractivity contribution in [2.45, 2.75) is 12.6 Å². The number of nitrogens with one attached hydrogen (secondary N) is 2. The van der Waals surface area contributed by atoms with Crippen molar-refractivity contribution in [1.29, 1.82) is 0 Å². The minimum absolute atomic E-state index is 0.0303. The highest BCUT2D eigenvalue weighted by molar-refractivity contribution is 5.91. The Balaban J connectivity index is 2.49. The van der Waals surface area contributed by atoms with Crippen LogP contribution in [0.15, 0.2) is 30.3 Å². The molecule has 3 N–H and O–H groups in total. The van der Waals surface area contributed by atoms with Crippen molar-refractivity contribution in [3.63, 3.8) is 0 Å². The molecule has 1 rings (SSSR count). The van der Waals surface area contributed by atoms with Crippen molar-refractivity contribution in [3.8, 4) is 0 Å². The summed E-state index contributed by atoms with van der Waals surface area (Å²) in [6.45, 7) is 0.0303. The summed E-state index contributed by atoms with van der Waals surface area (Å²) in [6, 6.07) is 4.32. The highest BCUT2D eigenvalue weighted by Gasteiger charge is 2.29. The number of benzene rings is 1. The highest BCUT2D eigenvalue weighted by atomic mass is 19.4. The van der Waals surface area contributed by atoms with E-state index >= 15 is 0 Å². The van der Waals surface area contributed by atoms with Crippen LogP contribution in [-0.2, 0) is 15.8 Å². The maximum absolute atomic E-state index is 12.3. The third kappa shape index (κ3) is 6.09. The van der Waals surface area contributed by atoms with Crippen LogP contribution in [0.5, 0.6) is 0 Å². The van der Waals surface area contributed by atoms with Crippen LogP contribution in [0.25, 0.3) is 6.08 Å².